The maximum atomic E-state index is 11.5. The third kappa shape index (κ3) is 2.99. The minimum absolute atomic E-state index is 0.200. The number of ether oxygens (including phenoxy) is 2. The standard InChI is InChI=1S/C11H14BNO4/c1-6(14)13-9-4-7(11(15)17-3)10(16-2)5-8(9)12/h4-5H,12H2,1-3H3,(H,13,14). The predicted molar refractivity (Wildman–Crippen MR) is 66.8 cm³/mol. The van der Waals surface area contributed by atoms with Gasteiger partial charge in [-0.05, 0) is 12.1 Å². The van der Waals surface area contributed by atoms with Crippen molar-refractivity contribution in [2.75, 3.05) is 19.5 Å². The molecule has 0 aromatic heterocycles. The first-order valence-electron chi connectivity index (χ1n) is 5.04. The number of amides is 1. The van der Waals surface area contributed by atoms with Crippen LogP contribution in [0.2, 0.25) is 0 Å². The lowest BCUT2D eigenvalue weighted by molar-refractivity contribution is -0.114. The summed E-state index contributed by atoms with van der Waals surface area (Å²) in [6, 6.07) is 3.22. The highest BCUT2D eigenvalue weighted by atomic mass is 16.5. The molecule has 1 aromatic rings. The van der Waals surface area contributed by atoms with E-state index in [1.807, 2.05) is 7.85 Å². The van der Waals surface area contributed by atoms with E-state index in [9.17, 15) is 9.59 Å². The quantitative estimate of drug-likeness (QED) is 0.577. The van der Waals surface area contributed by atoms with Crippen molar-refractivity contribution in [2.24, 2.45) is 0 Å². The summed E-state index contributed by atoms with van der Waals surface area (Å²) < 4.78 is 9.74. The fourth-order valence-corrected chi connectivity index (χ4v) is 1.44. The van der Waals surface area contributed by atoms with Gasteiger partial charge in [0.1, 0.15) is 19.2 Å². The minimum atomic E-state index is -0.506. The molecule has 0 aliphatic carbocycles. The molecule has 0 saturated carbocycles. The van der Waals surface area contributed by atoms with E-state index in [0.29, 0.717) is 11.4 Å². The molecule has 1 rings (SSSR count). The smallest absolute Gasteiger partial charge is 0.341 e. The number of anilines is 1. The second-order valence-electron chi connectivity index (χ2n) is 3.54. The molecule has 0 aliphatic rings. The summed E-state index contributed by atoms with van der Waals surface area (Å²) in [5, 5.41) is 2.64. The normalized spacial score (nSPS) is 9.59. The highest BCUT2D eigenvalue weighted by Gasteiger charge is 2.15. The Morgan fingerprint density at radius 3 is 2.41 bits per heavy atom. The summed E-state index contributed by atoms with van der Waals surface area (Å²) >= 11 is 0. The first kappa shape index (κ1) is 13.1. The van der Waals surface area contributed by atoms with Crippen LogP contribution in [0.5, 0.6) is 5.75 Å². The van der Waals surface area contributed by atoms with Crippen molar-refractivity contribution in [1.82, 2.24) is 0 Å². The largest absolute Gasteiger partial charge is 0.496 e. The topological polar surface area (TPSA) is 64.6 Å². The Hall–Kier alpha value is -1.98. The van der Waals surface area contributed by atoms with Crippen molar-refractivity contribution in [3.63, 3.8) is 0 Å². The van der Waals surface area contributed by atoms with Gasteiger partial charge in [-0.15, -0.1) is 0 Å². The van der Waals surface area contributed by atoms with E-state index >= 15 is 0 Å². The summed E-state index contributed by atoms with van der Waals surface area (Å²) in [5.74, 6) is -0.286. The number of benzene rings is 1. The summed E-state index contributed by atoms with van der Waals surface area (Å²) in [5.41, 5.74) is 1.66. The van der Waals surface area contributed by atoms with Crippen LogP contribution in [0.15, 0.2) is 12.1 Å². The van der Waals surface area contributed by atoms with Gasteiger partial charge in [0, 0.05) is 12.6 Å². The molecule has 1 amide bonds. The Bertz CT molecular complexity index is 459. The Balaban J connectivity index is 3.26. The average molecular weight is 235 g/mol. The predicted octanol–water partition coefficient (Wildman–Crippen LogP) is -0.301. The molecular weight excluding hydrogens is 221 g/mol. The first-order chi connectivity index (χ1) is 7.99. The number of esters is 1. The van der Waals surface area contributed by atoms with E-state index in [4.69, 9.17) is 4.74 Å². The van der Waals surface area contributed by atoms with Crippen LogP contribution >= 0.6 is 0 Å². The zero-order valence-electron chi connectivity index (χ0n) is 10.3. The number of nitrogens with one attached hydrogen (secondary N) is 1. The molecule has 1 aromatic carbocycles. The summed E-state index contributed by atoms with van der Waals surface area (Å²) in [4.78, 5) is 22.5. The van der Waals surface area contributed by atoms with Crippen molar-refractivity contribution in [3.8, 4) is 5.75 Å². The number of hydrogen-bond donors (Lipinski definition) is 1. The molecule has 0 heterocycles. The zero-order valence-corrected chi connectivity index (χ0v) is 10.3. The molecule has 0 spiro atoms. The van der Waals surface area contributed by atoms with Crippen LogP contribution in [-0.4, -0.2) is 33.9 Å². The van der Waals surface area contributed by atoms with E-state index in [-0.39, 0.29) is 11.5 Å². The average Bonchev–Trinajstić information content (AvgIpc) is 2.29. The SMILES string of the molecule is Bc1cc(OC)c(C(=O)OC)cc1NC(C)=O. The molecule has 0 fully saturated rings. The molecule has 0 bridgehead atoms. The Kier molecular flexibility index (Phi) is 4.14. The molecule has 0 unspecified atom stereocenters. The first-order valence-corrected chi connectivity index (χ1v) is 5.04. The van der Waals surface area contributed by atoms with Crippen LogP contribution < -0.4 is 15.5 Å². The highest BCUT2D eigenvalue weighted by Crippen LogP contribution is 2.21. The van der Waals surface area contributed by atoms with Gasteiger partial charge in [-0.1, -0.05) is 5.46 Å². The van der Waals surface area contributed by atoms with Crippen LogP contribution in [0.4, 0.5) is 5.69 Å². The summed E-state index contributed by atoms with van der Waals surface area (Å²) in [6.07, 6.45) is 0. The summed E-state index contributed by atoms with van der Waals surface area (Å²) in [6.45, 7) is 1.40. The van der Waals surface area contributed by atoms with Gasteiger partial charge >= 0.3 is 5.97 Å². The number of carbonyl (C=O) groups excluding carboxylic acids is 2. The fraction of sp³-hybridized carbons (Fsp3) is 0.273. The van der Waals surface area contributed by atoms with Gasteiger partial charge in [0.05, 0.1) is 14.2 Å². The third-order valence-electron chi connectivity index (χ3n) is 2.26. The van der Waals surface area contributed by atoms with Crippen LogP contribution in [0.1, 0.15) is 17.3 Å². The Labute approximate surface area is 101 Å². The lowest BCUT2D eigenvalue weighted by atomic mass is 9.92. The Morgan fingerprint density at radius 2 is 1.94 bits per heavy atom. The van der Waals surface area contributed by atoms with Crippen molar-refractivity contribution in [2.45, 2.75) is 6.92 Å². The third-order valence-corrected chi connectivity index (χ3v) is 2.26. The van der Waals surface area contributed by atoms with E-state index in [0.717, 1.165) is 5.46 Å². The molecule has 90 valence electrons. The van der Waals surface area contributed by atoms with Gasteiger partial charge in [0.15, 0.2) is 0 Å². The Morgan fingerprint density at radius 1 is 1.29 bits per heavy atom. The molecule has 17 heavy (non-hydrogen) atoms. The fourth-order valence-electron chi connectivity index (χ4n) is 1.44. The van der Waals surface area contributed by atoms with Gasteiger partial charge < -0.3 is 14.8 Å². The van der Waals surface area contributed by atoms with Crippen LogP contribution in [0.3, 0.4) is 0 Å². The van der Waals surface area contributed by atoms with Crippen molar-refractivity contribution < 1.29 is 19.1 Å². The second-order valence-corrected chi connectivity index (χ2v) is 3.54. The van der Waals surface area contributed by atoms with Crippen LogP contribution in [0.25, 0.3) is 0 Å². The van der Waals surface area contributed by atoms with Crippen molar-refractivity contribution in [1.29, 1.82) is 0 Å². The van der Waals surface area contributed by atoms with Crippen molar-refractivity contribution in [3.05, 3.63) is 17.7 Å². The van der Waals surface area contributed by atoms with E-state index < -0.39 is 5.97 Å². The molecule has 0 radical (unpaired) electrons. The number of carbonyl (C=O) groups is 2. The number of hydrogen-bond acceptors (Lipinski definition) is 4. The minimum Gasteiger partial charge on any atom is -0.496 e. The molecule has 0 aliphatic heterocycles. The molecule has 1 N–H and O–H groups in total. The molecule has 0 atom stereocenters. The van der Waals surface area contributed by atoms with E-state index in [2.05, 4.69) is 10.1 Å². The highest BCUT2D eigenvalue weighted by molar-refractivity contribution is 6.36. The maximum Gasteiger partial charge on any atom is 0.341 e. The van der Waals surface area contributed by atoms with Crippen molar-refractivity contribution >= 4 is 30.9 Å². The number of methoxy groups -OCH3 is 2. The van der Waals surface area contributed by atoms with Gasteiger partial charge in [0.25, 0.3) is 0 Å². The van der Waals surface area contributed by atoms with Crippen LogP contribution in [0, 0.1) is 0 Å². The lowest BCUT2D eigenvalue weighted by Crippen LogP contribution is -2.18. The van der Waals surface area contributed by atoms with Gasteiger partial charge in [-0.25, -0.2) is 4.79 Å². The molecular formula is C11H14BNO4. The monoisotopic (exact) mass is 235 g/mol. The van der Waals surface area contributed by atoms with Gasteiger partial charge in [0.2, 0.25) is 5.91 Å². The molecule has 0 saturated heterocycles. The molecule has 5 nitrogen and oxygen atoms in total. The van der Waals surface area contributed by atoms with Gasteiger partial charge in [-0.2, -0.15) is 0 Å². The van der Waals surface area contributed by atoms with Gasteiger partial charge in [-0.3, -0.25) is 4.79 Å². The summed E-state index contributed by atoms with van der Waals surface area (Å²) in [7, 11) is 4.58. The van der Waals surface area contributed by atoms with E-state index in [1.54, 1.807) is 12.1 Å². The van der Waals surface area contributed by atoms with Crippen LogP contribution in [-0.2, 0) is 9.53 Å². The maximum absolute atomic E-state index is 11.5. The molecule has 6 heteroatoms. The number of rotatable bonds is 3. The lowest BCUT2D eigenvalue weighted by Gasteiger charge is -2.12. The van der Waals surface area contributed by atoms with E-state index in [1.165, 1.54) is 21.1 Å². The second kappa shape index (κ2) is 5.38. The zero-order chi connectivity index (χ0) is 13.0.